The summed E-state index contributed by atoms with van der Waals surface area (Å²) in [5, 5.41) is 8.91. The van der Waals surface area contributed by atoms with Crippen LogP contribution in [0.4, 0.5) is 0 Å². The average Bonchev–Trinajstić information content (AvgIpc) is 2.71. The highest BCUT2D eigenvalue weighted by molar-refractivity contribution is 6.44. The van der Waals surface area contributed by atoms with Gasteiger partial charge in [-0.1, -0.05) is 38.8 Å². The molecule has 1 heterocycles. The van der Waals surface area contributed by atoms with Crippen molar-refractivity contribution < 1.29 is 4.79 Å². The summed E-state index contributed by atoms with van der Waals surface area (Å²) in [4.78, 5) is 19.1. The maximum atomic E-state index is 12.9. The van der Waals surface area contributed by atoms with Gasteiger partial charge < -0.3 is 4.90 Å². The van der Waals surface area contributed by atoms with Crippen LogP contribution in [0.2, 0.25) is 0 Å². The van der Waals surface area contributed by atoms with Gasteiger partial charge in [-0.05, 0) is 54.5 Å². The van der Waals surface area contributed by atoms with E-state index in [9.17, 15) is 4.79 Å². The summed E-state index contributed by atoms with van der Waals surface area (Å²) in [7, 11) is 1.67. The van der Waals surface area contributed by atoms with E-state index in [4.69, 9.17) is 5.26 Å². The summed E-state index contributed by atoms with van der Waals surface area (Å²) in [5.74, 6) is 0.0151. The van der Waals surface area contributed by atoms with Crippen LogP contribution in [0.1, 0.15) is 57.6 Å². The van der Waals surface area contributed by atoms with E-state index in [1.54, 1.807) is 19.2 Å². The minimum Gasteiger partial charge on any atom is -0.337 e. The highest BCUT2D eigenvalue weighted by atomic mass is 16.2. The van der Waals surface area contributed by atoms with Crippen LogP contribution in [0.5, 0.6) is 0 Å². The van der Waals surface area contributed by atoms with Gasteiger partial charge in [0.1, 0.15) is 5.71 Å². The summed E-state index contributed by atoms with van der Waals surface area (Å²) in [6.45, 7) is 8.09. The van der Waals surface area contributed by atoms with Crippen LogP contribution in [0.25, 0.3) is 5.57 Å². The summed E-state index contributed by atoms with van der Waals surface area (Å²) in [5.41, 5.74) is 3.48. The van der Waals surface area contributed by atoms with Gasteiger partial charge in [-0.15, -0.1) is 0 Å². The molecule has 1 aromatic carbocycles. The lowest BCUT2D eigenvalue weighted by Gasteiger charge is -2.41. The van der Waals surface area contributed by atoms with Gasteiger partial charge >= 0.3 is 0 Å². The first-order valence-electron chi connectivity index (χ1n) is 9.43. The minimum absolute atomic E-state index is 0.0151. The Kier molecular flexibility index (Phi) is 6.74. The van der Waals surface area contributed by atoms with Crippen molar-refractivity contribution in [2.24, 2.45) is 10.4 Å². The van der Waals surface area contributed by atoms with Crippen LogP contribution in [0, 0.1) is 16.7 Å². The number of nitrogens with zero attached hydrogens (tertiary/aromatic N) is 3. The molecule has 0 saturated carbocycles. The number of nitriles is 1. The van der Waals surface area contributed by atoms with Crippen molar-refractivity contribution in [3.05, 3.63) is 41.5 Å². The number of carbonyl (C=O) groups excluding carboxylic acids is 1. The molecule has 1 amide bonds. The molecule has 0 unspecified atom stereocenters. The first kappa shape index (κ1) is 19.9. The molecule has 138 valence electrons. The molecule has 4 heteroatoms. The molecule has 0 atom stereocenters. The monoisotopic (exact) mass is 351 g/mol. The molecule has 1 aliphatic heterocycles. The number of amides is 1. The number of carbonyl (C=O) groups is 1. The number of likely N-dealkylation sites (tertiary alicyclic amines) is 1. The molecule has 1 fully saturated rings. The Balaban J connectivity index is 2.10. The molecule has 1 aliphatic rings. The van der Waals surface area contributed by atoms with Gasteiger partial charge in [0.2, 0.25) is 0 Å². The molecule has 0 radical (unpaired) electrons. The molecular formula is C22H29N3O. The zero-order valence-corrected chi connectivity index (χ0v) is 16.4. The van der Waals surface area contributed by atoms with E-state index < -0.39 is 0 Å². The van der Waals surface area contributed by atoms with E-state index in [0.29, 0.717) is 16.7 Å². The fraction of sp³-hybridized carbons (Fsp3) is 0.500. The zero-order valence-electron chi connectivity index (χ0n) is 16.4. The number of piperidine rings is 1. The van der Waals surface area contributed by atoms with Crippen LogP contribution >= 0.6 is 0 Å². The Labute approximate surface area is 157 Å². The Morgan fingerprint density at radius 3 is 2.27 bits per heavy atom. The Hall–Kier alpha value is -2.41. The van der Waals surface area contributed by atoms with E-state index in [2.05, 4.69) is 24.9 Å². The molecule has 1 aromatic rings. The lowest BCUT2D eigenvalue weighted by atomic mass is 9.74. The van der Waals surface area contributed by atoms with Gasteiger partial charge in [-0.3, -0.25) is 9.79 Å². The lowest BCUT2D eigenvalue weighted by molar-refractivity contribution is -0.126. The Morgan fingerprint density at radius 2 is 1.81 bits per heavy atom. The standard InChI is InChI=1S/C22H29N3O/c1-5-22(6-2)11-13-25(14-12-22)21(26)20(24-4)15-17(3)19-9-7-18(16-23)8-10-19/h7-10,15H,5-6,11-14H2,1-4H3/b17-15+,24-20+. The predicted molar refractivity (Wildman–Crippen MR) is 107 cm³/mol. The van der Waals surface area contributed by atoms with Gasteiger partial charge in [-0.25, -0.2) is 0 Å². The molecular weight excluding hydrogens is 322 g/mol. The largest absolute Gasteiger partial charge is 0.337 e. The fourth-order valence-electron chi connectivity index (χ4n) is 3.62. The molecule has 0 bridgehead atoms. The lowest BCUT2D eigenvalue weighted by Crippen LogP contribution is -2.45. The number of allylic oxidation sites excluding steroid dienone is 1. The zero-order chi connectivity index (χ0) is 19.2. The van der Waals surface area contributed by atoms with Gasteiger partial charge in [0, 0.05) is 20.1 Å². The van der Waals surface area contributed by atoms with Crippen molar-refractivity contribution in [2.75, 3.05) is 20.1 Å². The van der Waals surface area contributed by atoms with Crippen LogP contribution in [-0.4, -0.2) is 36.7 Å². The Morgan fingerprint density at radius 1 is 1.23 bits per heavy atom. The normalized spacial score (nSPS) is 17.7. The summed E-state index contributed by atoms with van der Waals surface area (Å²) in [6.07, 6.45) is 6.35. The van der Waals surface area contributed by atoms with Gasteiger partial charge in [0.05, 0.1) is 11.6 Å². The van der Waals surface area contributed by atoms with Crippen molar-refractivity contribution in [3.8, 4) is 6.07 Å². The first-order chi connectivity index (χ1) is 12.5. The van der Waals surface area contributed by atoms with Crippen LogP contribution < -0.4 is 0 Å². The summed E-state index contributed by atoms with van der Waals surface area (Å²) in [6, 6.07) is 9.50. The third-order valence-corrected chi connectivity index (χ3v) is 5.89. The molecule has 0 aromatic heterocycles. The Bertz CT molecular complexity index is 724. The highest BCUT2D eigenvalue weighted by Crippen LogP contribution is 2.37. The molecule has 2 rings (SSSR count). The second-order valence-corrected chi connectivity index (χ2v) is 7.12. The minimum atomic E-state index is 0.0151. The smallest absolute Gasteiger partial charge is 0.271 e. The van der Waals surface area contributed by atoms with E-state index in [-0.39, 0.29) is 5.91 Å². The summed E-state index contributed by atoms with van der Waals surface area (Å²) >= 11 is 0. The number of aliphatic imine (C=N–C) groups is 1. The maximum Gasteiger partial charge on any atom is 0.271 e. The highest BCUT2D eigenvalue weighted by Gasteiger charge is 2.33. The van der Waals surface area contributed by atoms with E-state index in [0.717, 1.165) is 37.1 Å². The molecule has 26 heavy (non-hydrogen) atoms. The molecule has 0 aliphatic carbocycles. The van der Waals surface area contributed by atoms with E-state index in [1.807, 2.05) is 30.0 Å². The third-order valence-electron chi connectivity index (χ3n) is 5.89. The third kappa shape index (κ3) is 4.40. The maximum absolute atomic E-state index is 12.9. The quantitative estimate of drug-likeness (QED) is 0.735. The fourth-order valence-corrected chi connectivity index (χ4v) is 3.62. The molecule has 0 spiro atoms. The second-order valence-electron chi connectivity index (χ2n) is 7.12. The number of hydrogen-bond acceptors (Lipinski definition) is 3. The second kappa shape index (κ2) is 8.80. The van der Waals surface area contributed by atoms with Gasteiger partial charge in [0.25, 0.3) is 5.91 Å². The van der Waals surface area contributed by atoms with Gasteiger partial charge in [0.15, 0.2) is 0 Å². The first-order valence-corrected chi connectivity index (χ1v) is 9.43. The number of benzene rings is 1. The van der Waals surface area contributed by atoms with Crippen molar-refractivity contribution in [3.63, 3.8) is 0 Å². The number of hydrogen-bond donors (Lipinski definition) is 0. The van der Waals surface area contributed by atoms with E-state index >= 15 is 0 Å². The molecule has 1 saturated heterocycles. The van der Waals surface area contributed by atoms with Crippen molar-refractivity contribution >= 4 is 17.2 Å². The molecule has 0 N–H and O–H groups in total. The summed E-state index contributed by atoms with van der Waals surface area (Å²) < 4.78 is 0. The van der Waals surface area contributed by atoms with Crippen molar-refractivity contribution in [1.29, 1.82) is 5.26 Å². The average molecular weight is 351 g/mol. The van der Waals surface area contributed by atoms with Crippen LogP contribution in [0.15, 0.2) is 35.3 Å². The van der Waals surface area contributed by atoms with Crippen LogP contribution in [0.3, 0.4) is 0 Å². The predicted octanol–water partition coefficient (Wildman–Crippen LogP) is 4.46. The van der Waals surface area contributed by atoms with Gasteiger partial charge in [-0.2, -0.15) is 5.26 Å². The number of rotatable bonds is 5. The van der Waals surface area contributed by atoms with Crippen molar-refractivity contribution in [2.45, 2.75) is 46.5 Å². The topological polar surface area (TPSA) is 56.5 Å². The van der Waals surface area contributed by atoms with Crippen LogP contribution in [-0.2, 0) is 4.79 Å². The van der Waals surface area contributed by atoms with Crippen molar-refractivity contribution in [1.82, 2.24) is 4.90 Å². The molecule has 4 nitrogen and oxygen atoms in total. The SMILES string of the molecule is CCC1(CC)CCN(C(=O)C(/C=C(\C)c2ccc(C#N)cc2)=N/C)CC1. The van der Waals surface area contributed by atoms with E-state index in [1.165, 1.54) is 12.8 Å².